The zero-order valence-corrected chi connectivity index (χ0v) is 18.5. The van der Waals surface area contributed by atoms with Crippen LogP contribution in [0.2, 0.25) is 0 Å². The first-order valence-corrected chi connectivity index (χ1v) is 10.4. The lowest BCUT2D eigenvalue weighted by molar-refractivity contribution is -0.300. The molecule has 170 valence electrons. The largest absolute Gasteiger partial charge is 0.466 e. The van der Waals surface area contributed by atoms with Crippen LogP contribution in [0.4, 0.5) is 0 Å². The number of ether oxygens (including phenoxy) is 4. The fraction of sp³-hybridized carbons (Fsp3) is 0.652. The predicted octanol–water partition coefficient (Wildman–Crippen LogP) is 1.27. The normalized spacial score (nSPS) is 45.2. The molecule has 1 saturated carbocycles. The first-order chi connectivity index (χ1) is 14.5. The van der Waals surface area contributed by atoms with Crippen LogP contribution in [-0.4, -0.2) is 66.6 Å². The fourth-order valence-electron chi connectivity index (χ4n) is 6.47. The maximum atomic E-state index is 12.7. The Morgan fingerprint density at radius 1 is 1.19 bits per heavy atom. The van der Waals surface area contributed by atoms with Gasteiger partial charge in [-0.15, -0.1) is 0 Å². The zero-order chi connectivity index (χ0) is 22.9. The van der Waals surface area contributed by atoms with E-state index in [1.807, 2.05) is 6.92 Å². The van der Waals surface area contributed by atoms with Crippen LogP contribution in [0.3, 0.4) is 0 Å². The van der Waals surface area contributed by atoms with Crippen LogP contribution in [0, 0.1) is 23.7 Å². The quantitative estimate of drug-likeness (QED) is 0.503. The second-order valence-corrected chi connectivity index (χ2v) is 9.39. The van der Waals surface area contributed by atoms with Crippen molar-refractivity contribution >= 4 is 11.9 Å². The number of aliphatic hydroxyl groups excluding tert-OH is 1. The molecule has 8 heteroatoms. The Labute approximate surface area is 181 Å². The lowest BCUT2D eigenvalue weighted by atomic mass is 9.57. The summed E-state index contributed by atoms with van der Waals surface area (Å²) in [5, 5.41) is 22.3. The van der Waals surface area contributed by atoms with Crippen molar-refractivity contribution in [3.05, 3.63) is 35.5 Å². The van der Waals surface area contributed by atoms with E-state index in [-0.39, 0.29) is 17.9 Å². The van der Waals surface area contributed by atoms with Crippen LogP contribution < -0.4 is 0 Å². The monoisotopic (exact) mass is 434 g/mol. The van der Waals surface area contributed by atoms with Gasteiger partial charge in [-0.1, -0.05) is 18.2 Å². The molecular formula is C23H30O8. The van der Waals surface area contributed by atoms with E-state index in [2.05, 4.69) is 6.58 Å². The highest BCUT2D eigenvalue weighted by Crippen LogP contribution is 2.66. The summed E-state index contributed by atoms with van der Waals surface area (Å²) in [5.74, 6) is -4.62. The third-order valence-electron chi connectivity index (χ3n) is 7.62. The molecule has 2 fully saturated rings. The number of rotatable bonds is 4. The van der Waals surface area contributed by atoms with E-state index in [0.29, 0.717) is 12.0 Å². The van der Waals surface area contributed by atoms with Gasteiger partial charge >= 0.3 is 11.9 Å². The maximum absolute atomic E-state index is 12.7. The van der Waals surface area contributed by atoms with E-state index in [4.69, 9.17) is 18.9 Å². The number of hydrogen-bond acceptors (Lipinski definition) is 8. The molecule has 0 amide bonds. The highest BCUT2D eigenvalue weighted by atomic mass is 16.7. The average Bonchev–Trinajstić information content (AvgIpc) is 3.14. The Morgan fingerprint density at radius 2 is 1.84 bits per heavy atom. The molecule has 1 saturated heterocycles. The van der Waals surface area contributed by atoms with Gasteiger partial charge in [-0.25, -0.2) is 9.59 Å². The second-order valence-electron chi connectivity index (χ2n) is 9.39. The van der Waals surface area contributed by atoms with Crippen molar-refractivity contribution in [1.29, 1.82) is 0 Å². The lowest BCUT2D eigenvalue weighted by Gasteiger charge is -2.56. The highest BCUT2D eigenvalue weighted by Gasteiger charge is 2.73. The SMILES string of the molecule is C=C(C)[C@@H]1C[C@@]2(OC)O[C@]3(C=C2C(=O)OC)[C@@H]1C=C(C(=O)OC)[C@@H]1[C@H](O)C[C@](C)(O)[C@H]13. The van der Waals surface area contributed by atoms with E-state index >= 15 is 0 Å². The Morgan fingerprint density at radius 3 is 2.39 bits per heavy atom. The Bertz CT molecular complexity index is 901. The molecule has 0 radical (unpaired) electrons. The van der Waals surface area contributed by atoms with Crippen molar-refractivity contribution < 1.29 is 38.7 Å². The molecule has 0 unspecified atom stereocenters. The van der Waals surface area contributed by atoms with Crippen molar-refractivity contribution in [2.75, 3.05) is 21.3 Å². The minimum Gasteiger partial charge on any atom is -0.466 e. The standard InChI is InChI=1S/C23H30O8/c1-11(2)13-8-23(30-6)15(20(26)29-5)9-22(31-23)14(13)7-12(19(25)28-4)17-16(24)10-21(3,27)18(17)22/h7,9,13-14,16-18,24,27H,1,8,10H2,2-6H3/t13-,14+,16+,17+,18-,21-,22+,23+/m0/s1. The number of esters is 2. The number of carbonyl (C=O) groups is 2. The molecule has 8 nitrogen and oxygen atoms in total. The van der Waals surface area contributed by atoms with Gasteiger partial charge in [0.25, 0.3) is 0 Å². The third-order valence-corrected chi connectivity index (χ3v) is 7.62. The third kappa shape index (κ3) is 2.81. The molecule has 2 aliphatic heterocycles. The maximum Gasteiger partial charge on any atom is 0.339 e. The molecule has 2 aliphatic carbocycles. The average molecular weight is 434 g/mol. The van der Waals surface area contributed by atoms with Gasteiger partial charge in [-0.05, 0) is 25.8 Å². The molecule has 31 heavy (non-hydrogen) atoms. The molecule has 1 spiro atoms. The zero-order valence-electron chi connectivity index (χ0n) is 18.5. The smallest absolute Gasteiger partial charge is 0.339 e. The summed E-state index contributed by atoms with van der Waals surface area (Å²) in [4.78, 5) is 25.4. The number of hydrogen-bond donors (Lipinski definition) is 2. The summed E-state index contributed by atoms with van der Waals surface area (Å²) >= 11 is 0. The first kappa shape index (κ1) is 22.2. The molecule has 4 rings (SSSR count). The molecular weight excluding hydrogens is 404 g/mol. The van der Waals surface area contributed by atoms with E-state index in [1.165, 1.54) is 21.3 Å². The Kier molecular flexibility index (Phi) is 5.01. The van der Waals surface area contributed by atoms with Gasteiger partial charge in [-0.2, -0.15) is 0 Å². The summed E-state index contributed by atoms with van der Waals surface area (Å²) < 4.78 is 22.4. The van der Waals surface area contributed by atoms with Crippen LogP contribution in [0.15, 0.2) is 35.5 Å². The van der Waals surface area contributed by atoms with Crippen molar-refractivity contribution in [1.82, 2.24) is 0 Å². The highest BCUT2D eigenvalue weighted by molar-refractivity contribution is 5.92. The summed E-state index contributed by atoms with van der Waals surface area (Å²) in [6, 6.07) is 0. The second kappa shape index (κ2) is 7.00. The molecule has 0 aromatic rings. The molecule has 0 aromatic carbocycles. The Hall–Kier alpha value is -2.00. The lowest BCUT2D eigenvalue weighted by Crippen LogP contribution is -2.63. The van der Waals surface area contributed by atoms with E-state index in [0.717, 1.165) is 5.57 Å². The predicted molar refractivity (Wildman–Crippen MR) is 108 cm³/mol. The van der Waals surface area contributed by atoms with Gasteiger partial charge in [0.15, 0.2) is 0 Å². The van der Waals surface area contributed by atoms with Gasteiger partial charge in [0.05, 0.1) is 31.5 Å². The van der Waals surface area contributed by atoms with Gasteiger partial charge in [-0.3, -0.25) is 0 Å². The summed E-state index contributed by atoms with van der Waals surface area (Å²) in [6.07, 6.45) is 2.81. The molecule has 2 heterocycles. The van der Waals surface area contributed by atoms with Crippen LogP contribution >= 0.6 is 0 Å². The Balaban J connectivity index is 2.02. The van der Waals surface area contributed by atoms with Crippen molar-refractivity contribution in [2.45, 2.75) is 49.8 Å². The van der Waals surface area contributed by atoms with Gasteiger partial charge in [0.1, 0.15) is 5.60 Å². The van der Waals surface area contributed by atoms with Crippen molar-refractivity contribution in [2.24, 2.45) is 23.7 Å². The minimum absolute atomic E-state index is 0.0492. The molecule has 2 N–H and O–H groups in total. The van der Waals surface area contributed by atoms with Crippen LogP contribution in [-0.2, 0) is 28.5 Å². The fourth-order valence-corrected chi connectivity index (χ4v) is 6.47. The van der Waals surface area contributed by atoms with Gasteiger partial charge in [0, 0.05) is 43.3 Å². The van der Waals surface area contributed by atoms with Crippen LogP contribution in [0.25, 0.3) is 0 Å². The first-order valence-electron chi connectivity index (χ1n) is 10.4. The van der Waals surface area contributed by atoms with Crippen LogP contribution in [0.1, 0.15) is 26.7 Å². The van der Waals surface area contributed by atoms with Gasteiger partial charge < -0.3 is 29.2 Å². The van der Waals surface area contributed by atoms with E-state index < -0.39 is 52.8 Å². The minimum atomic E-state index is -1.38. The van der Waals surface area contributed by atoms with Crippen LogP contribution in [0.5, 0.6) is 0 Å². The number of methoxy groups -OCH3 is 3. The summed E-state index contributed by atoms with van der Waals surface area (Å²) in [6.45, 7) is 7.64. The van der Waals surface area contributed by atoms with Gasteiger partial charge in [0.2, 0.25) is 5.79 Å². The summed E-state index contributed by atoms with van der Waals surface area (Å²) in [7, 11) is 4.04. The number of aliphatic hydroxyl groups is 2. The van der Waals surface area contributed by atoms with E-state index in [9.17, 15) is 19.8 Å². The van der Waals surface area contributed by atoms with Crippen molar-refractivity contribution in [3.8, 4) is 0 Å². The topological polar surface area (TPSA) is 112 Å². The molecule has 0 aromatic heterocycles. The number of carbonyl (C=O) groups excluding carboxylic acids is 2. The molecule has 8 atom stereocenters. The molecule has 4 aliphatic rings. The van der Waals surface area contributed by atoms with Crippen molar-refractivity contribution in [3.63, 3.8) is 0 Å². The molecule has 2 bridgehead atoms. The van der Waals surface area contributed by atoms with E-state index in [1.54, 1.807) is 19.1 Å². The number of allylic oxidation sites excluding steroid dienone is 1. The summed E-state index contributed by atoms with van der Waals surface area (Å²) in [5.41, 5.74) is -1.22. The number of fused-ring (bicyclic) bond motifs is 2.